The molecule has 0 aromatic carbocycles. The minimum absolute atomic E-state index is 0.721. The van der Waals surface area contributed by atoms with Crippen LogP contribution >= 0.6 is 0 Å². The number of piperidine rings is 1. The third-order valence-corrected chi connectivity index (χ3v) is 3.81. The Morgan fingerprint density at radius 1 is 1.24 bits per heavy atom. The summed E-state index contributed by atoms with van der Waals surface area (Å²) in [6.07, 6.45) is 3.96. The highest BCUT2D eigenvalue weighted by atomic mass is 16.5. The molecule has 0 bridgehead atoms. The van der Waals surface area contributed by atoms with Crippen LogP contribution in [0.25, 0.3) is 0 Å². The number of hydrogen-bond acceptors (Lipinski definition) is 4. The van der Waals surface area contributed by atoms with Gasteiger partial charge in [0.2, 0.25) is 0 Å². The van der Waals surface area contributed by atoms with Gasteiger partial charge in [0.1, 0.15) is 0 Å². The van der Waals surface area contributed by atoms with Gasteiger partial charge in [-0.15, -0.1) is 0 Å². The van der Waals surface area contributed by atoms with E-state index in [1.165, 1.54) is 38.9 Å². The lowest BCUT2D eigenvalue weighted by Gasteiger charge is -2.31. The maximum atomic E-state index is 5.35. The zero-order valence-electron chi connectivity index (χ0n) is 11.2. The van der Waals surface area contributed by atoms with Crippen LogP contribution in [0.15, 0.2) is 0 Å². The highest BCUT2D eigenvalue weighted by Crippen LogP contribution is 2.07. The number of likely N-dealkylation sites (tertiary alicyclic amines) is 1. The summed E-state index contributed by atoms with van der Waals surface area (Å²) in [5.74, 6) is 0. The Morgan fingerprint density at radius 2 is 2.06 bits per heavy atom. The maximum Gasteiger partial charge on any atom is 0.0594 e. The molecule has 0 spiro atoms. The first-order chi connectivity index (χ1) is 8.34. The molecule has 0 aliphatic carbocycles. The van der Waals surface area contributed by atoms with Crippen LogP contribution in [0.2, 0.25) is 0 Å². The van der Waals surface area contributed by atoms with Crippen molar-refractivity contribution in [2.45, 2.75) is 25.3 Å². The number of nitrogens with zero attached hydrogens (tertiary/aromatic N) is 2. The van der Waals surface area contributed by atoms with Crippen molar-refractivity contribution in [1.29, 1.82) is 0 Å². The van der Waals surface area contributed by atoms with Crippen LogP contribution in [0, 0.1) is 0 Å². The lowest BCUT2D eigenvalue weighted by atomic mass is 10.1. The predicted molar refractivity (Wildman–Crippen MR) is 70.4 cm³/mol. The van der Waals surface area contributed by atoms with Crippen LogP contribution in [0.5, 0.6) is 0 Å². The molecule has 0 saturated carbocycles. The summed E-state index contributed by atoms with van der Waals surface area (Å²) in [6.45, 7) is 8.94. The zero-order valence-corrected chi connectivity index (χ0v) is 11.2. The lowest BCUT2D eigenvalue weighted by molar-refractivity contribution is 0.0373. The third-order valence-electron chi connectivity index (χ3n) is 3.81. The predicted octanol–water partition coefficient (Wildman–Crippen LogP) is 0.393. The molecule has 17 heavy (non-hydrogen) atoms. The molecule has 0 aromatic heterocycles. The molecule has 2 fully saturated rings. The van der Waals surface area contributed by atoms with E-state index in [0.29, 0.717) is 0 Å². The average Bonchev–Trinajstić information content (AvgIpc) is 2.36. The molecule has 0 amide bonds. The third kappa shape index (κ3) is 4.92. The second-order valence-electron chi connectivity index (χ2n) is 5.36. The summed E-state index contributed by atoms with van der Waals surface area (Å²) < 4.78 is 5.35. The van der Waals surface area contributed by atoms with Gasteiger partial charge in [-0.05, 0) is 45.9 Å². The van der Waals surface area contributed by atoms with Crippen LogP contribution in [-0.4, -0.2) is 75.4 Å². The molecule has 2 heterocycles. The molecule has 2 rings (SSSR count). The van der Waals surface area contributed by atoms with Gasteiger partial charge in [-0.3, -0.25) is 4.90 Å². The van der Waals surface area contributed by atoms with Gasteiger partial charge in [0.15, 0.2) is 0 Å². The van der Waals surface area contributed by atoms with Gasteiger partial charge in [-0.25, -0.2) is 0 Å². The number of morpholine rings is 1. The number of hydrogen-bond donors (Lipinski definition) is 1. The van der Waals surface area contributed by atoms with Gasteiger partial charge in [-0.2, -0.15) is 0 Å². The second-order valence-corrected chi connectivity index (χ2v) is 5.36. The van der Waals surface area contributed by atoms with E-state index in [-0.39, 0.29) is 0 Å². The minimum atomic E-state index is 0.721. The molecule has 1 atom stereocenters. The Bertz CT molecular complexity index is 207. The van der Waals surface area contributed by atoms with Crippen molar-refractivity contribution >= 4 is 0 Å². The lowest BCUT2D eigenvalue weighted by Crippen LogP contribution is -2.45. The van der Waals surface area contributed by atoms with E-state index in [2.05, 4.69) is 22.2 Å². The van der Waals surface area contributed by atoms with Gasteiger partial charge >= 0.3 is 0 Å². The van der Waals surface area contributed by atoms with E-state index in [0.717, 1.165) is 38.9 Å². The molecular formula is C13H27N3O. The van der Waals surface area contributed by atoms with E-state index < -0.39 is 0 Å². The van der Waals surface area contributed by atoms with Gasteiger partial charge in [0.25, 0.3) is 0 Å². The first-order valence-corrected chi connectivity index (χ1v) is 7.06. The van der Waals surface area contributed by atoms with Crippen LogP contribution in [-0.2, 0) is 4.74 Å². The summed E-state index contributed by atoms with van der Waals surface area (Å²) in [6, 6.07) is 0.721. The molecule has 1 N–H and O–H groups in total. The molecule has 2 aliphatic rings. The molecular weight excluding hydrogens is 214 g/mol. The fourth-order valence-corrected chi connectivity index (χ4v) is 2.77. The topological polar surface area (TPSA) is 27.7 Å². The Labute approximate surface area is 105 Å². The van der Waals surface area contributed by atoms with Crippen molar-refractivity contribution in [1.82, 2.24) is 15.1 Å². The molecule has 0 aromatic rings. The number of ether oxygens (including phenoxy) is 1. The Balaban J connectivity index is 1.50. The largest absolute Gasteiger partial charge is 0.379 e. The highest BCUT2D eigenvalue weighted by molar-refractivity contribution is 4.76. The maximum absolute atomic E-state index is 5.35. The van der Waals surface area contributed by atoms with Crippen molar-refractivity contribution in [2.24, 2.45) is 0 Å². The number of rotatable bonds is 5. The fraction of sp³-hybridized carbons (Fsp3) is 1.00. The molecule has 0 radical (unpaired) electrons. The summed E-state index contributed by atoms with van der Waals surface area (Å²) >= 11 is 0. The zero-order chi connectivity index (χ0) is 11.9. The summed E-state index contributed by atoms with van der Waals surface area (Å²) in [5, 5.41) is 3.69. The van der Waals surface area contributed by atoms with E-state index in [9.17, 15) is 0 Å². The standard InChI is InChI=1S/C13H27N3O/c1-15-6-2-4-13(12-15)14-5-3-7-16-8-10-17-11-9-16/h13-14H,2-12H2,1H3. The number of nitrogens with one attached hydrogen (secondary N) is 1. The second kappa shape index (κ2) is 7.31. The Hall–Kier alpha value is -0.160. The van der Waals surface area contributed by atoms with E-state index in [1.54, 1.807) is 0 Å². The van der Waals surface area contributed by atoms with Gasteiger partial charge in [0, 0.05) is 25.7 Å². The van der Waals surface area contributed by atoms with E-state index >= 15 is 0 Å². The van der Waals surface area contributed by atoms with Crippen LogP contribution in [0.1, 0.15) is 19.3 Å². The Kier molecular flexibility index (Phi) is 5.71. The highest BCUT2D eigenvalue weighted by Gasteiger charge is 2.16. The van der Waals surface area contributed by atoms with Crippen molar-refractivity contribution in [2.75, 3.05) is 59.5 Å². The molecule has 2 saturated heterocycles. The summed E-state index contributed by atoms with van der Waals surface area (Å²) in [4.78, 5) is 4.95. The molecule has 100 valence electrons. The number of likely N-dealkylation sites (N-methyl/N-ethyl adjacent to an activating group) is 1. The van der Waals surface area contributed by atoms with E-state index in [1.807, 2.05) is 0 Å². The summed E-state index contributed by atoms with van der Waals surface area (Å²) in [7, 11) is 2.22. The van der Waals surface area contributed by atoms with Crippen molar-refractivity contribution in [3.63, 3.8) is 0 Å². The fourth-order valence-electron chi connectivity index (χ4n) is 2.77. The average molecular weight is 241 g/mol. The first-order valence-electron chi connectivity index (χ1n) is 7.06. The van der Waals surface area contributed by atoms with E-state index in [4.69, 9.17) is 4.74 Å². The monoisotopic (exact) mass is 241 g/mol. The SMILES string of the molecule is CN1CCCC(NCCCN2CCOCC2)C1. The van der Waals surface area contributed by atoms with Gasteiger partial charge in [0.05, 0.1) is 13.2 Å². The summed E-state index contributed by atoms with van der Waals surface area (Å²) in [5.41, 5.74) is 0. The first kappa shape index (κ1) is 13.3. The van der Waals surface area contributed by atoms with Crippen LogP contribution < -0.4 is 5.32 Å². The van der Waals surface area contributed by atoms with Crippen molar-refractivity contribution < 1.29 is 4.74 Å². The van der Waals surface area contributed by atoms with Gasteiger partial charge < -0.3 is 15.0 Å². The normalized spacial score (nSPS) is 28.4. The Morgan fingerprint density at radius 3 is 2.82 bits per heavy atom. The van der Waals surface area contributed by atoms with Crippen molar-refractivity contribution in [3.8, 4) is 0 Å². The minimum Gasteiger partial charge on any atom is -0.379 e. The van der Waals surface area contributed by atoms with Gasteiger partial charge in [-0.1, -0.05) is 0 Å². The molecule has 4 heteroatoms. The van der Waals surface area contributed by atoms with Crippen LogP contribution in [0.4, 0.5) is 0 Å². The molecule has 1 unspecified atom stereocenters. The smallest absolute Gasteiger partial charge is 0.0594 e. The van der Waals surface area contributed by atoms with Crippen LogP contribution in [0.3, 0.4) is 0 Å². The molecule has 4 nitrogen and oxygen atoms in total. The molecule has 2 aliphatic heterocycles. The van der Waals surface area contributed by atoms with Crippen molar-refractivity contribution in [3.05, 3.63) is 0 Å². The quantitative estimate of drug-likeness (QED) is 0.705.